The highest BCUT2D eigenvalue weighted by molar-refractivity contribution is 5.77. The Hall–Kier alpha value is -1.30. The van der Waals surface area contributed by atoms with Gasteiger partial charge in [0.05, 0.1) is 5.92 Å². The van der Waals surface area contributed by atoms with Gasteiger partial charge < -0.3 is 14.9 Å². The highest BCUT2D eigenvalue weighted by Gasteiger charge is 2.36. The predicted molar refractivity (Wildman–Crippen MR) is 73.5 cm³/mol. The first-order valence-electron chi connectivity index (χ1n) is 7.66. The van der Waals surface area contributed by atoms with E-state index in [0.29, 0.717) is 25.6 Å². The number of carboxylic acid groups (broad SMARTS) is 1. The van der Waals surface area contributed by atoms with Crippen molar-refractivity contribution >= 4 is 12.0 Å². The van der Waals surface area contributed by atoms with Gasteiger partial charge >= 0.3 is 12.0 Å². The number of aliphatic carboxylic acids is 1. The van der Waals surface area contributed by atoms with E-state index in [2.05, 4.69) is 4.90 Å². The maximum absolute atomic E-state index is 12.6. The second kappa shape index (κ2) is 5.60. The van der Waals surface area contributed by atoms with Gasteiger partial charge in [-0.05, 0) is 32.2 Å². The smallest absolute Gasteiger partial charge is 0.320 e. The first kappa shape index (κ1) is 13.7. The van der Waals surface area contributed by atoms with E-state index in [9.17, 15) is 9.59 Å². The van der Waals surface area contributed by atoms with E-state index in [1.807, 2.05) is 4.90 Å². The summed E-state index contributed by atoms with van der Waals surface area (Å²) in [5.74, 6) is -1.16. The van der Waals surface area contributed by atoms with E-state index in [1.165, 1.54) is 12.8 Å². The van der Waals surface area contributed by atoms with Crippen LogP contribution in [0.2, 0.25) is 0 Å². The van der Waals surface area contributed by atoms with Crippen LogP contribution in [-0.2, 0) is 4.79 Å². The van der Waals surface area contributed by atoms with E-state index in [4.69, 9.17) is 5.11 Å². The Morgan fingerprint density at radius 3 is 2.45 bits per heavy atom. The quantitative estimate of drug-likeness (QED) is 0.768. The Morgan fingerprint density at radius 1 is 0.900 bits per heavy atom. The molecule has 3 aliphatic heterocycles. The minimum absolute atomic E-state index is 0.0440. The number of urea groups is 1. The number of carbonyl (C=O) groups is 2. The van der Waals surface area contributed by atoms with Crippen LogP contribution in [0, 0.1) is 5.92 Å². The van der Waals surface area contributed by atoms with Gasteiger partial charge in [0.25, 0.3) is 0 Å². The lowest BCUT2D eigenvalue weighted by molar-refractivity contribution is -0.143. The minimum Gasteiger partial charge on any atom is -0.481 e. The Morgan fingerprint density at radius 2 is 1.65 bits per heavy atom. The molecule has 3 rings (SSSR count). The summed E-state index contributed by atoms with van der Waals surface area (Å²) >= 11 is 0. The molecule has 2 atom stereocenters. The number of hydrogen-bond acceptors (Lipinski definition) is 3. The van der Waals surface area contributed by atoms with Gasteiger partial charge in [-0.25, -0.2) is 4.79 Å². The van der Waals surface area contributed by atoms with Crippen molar-refractivity contribution in [3.8, 4) is 0 Å². The molecule has 1 unspecified atom stereocenters. The van der Waals surface area contributed by atoms with Gasteiger partial charge in [-0.3, -0.25) is 9.69 Å². The number of carbonyl (C=O) groups excluding carboxylic acids is 1. The standard InChI is InChI=1S/C14H23N3O3/c18-13(19)11-3-1-6-16(9-11)14(20)17-8-7-15-5-2-4-12(15)10-17/h11-12H,1-10H2,(H,18,19)/t11-,12?/m1/s1. The minimum atomic E-state index is -0.775. The lowest BCUT2D eigenvalue weighted by Gasteiger charge is -2.41. The van der Waals surface area contributed by atoms with Crippen molar-refractivity contribution in [1.82, 2.24) is 14.7 Å². The number of likely N-dealkylation sites (tertiary alicyclic amines) is 1. The number of hydrogen-bond donors (Lipinski definition) is 1. The number of piperidine rings is 1. The maximum atomic E-state index is 12.6. The molecule has 0 aromatic carbocycles. The van der Waals surface area contributed by atoms with Crippen LogP contribution in [0.5, 0.6) is 0 Å². The van der Waals surface area contributed by atoms with Crippen molar-refractivity contribution in [2.75, 3.05) is 39.3 Å². The van der Waals surface area contributed by atoms with E-state index in [-0.39, 0.29) is 11.9 Å². The summed E-state index contributed by atoms with van der Waals surface area (Å²) < 4.78 is 0. The van der Waals surface area contributed by atoms with E-state index in [0.717, 1.165) is 32.6 Å². The number of carboxylic acids is 1. The van der Waals surface area contributed by atoms with Gasteiger partial charge in [-0.15, -0.1) is 0 Å². The maximum Gasteiger partial charge on any atom is 0.320 e. The summed E-state index contributed by atoms with van der Waals surface area (Å²) in [5.41, 5.74) is 0. The van der Waals surface area contributed by atoms with Gasteiger partial charge in [-0.2, -0.15) is 0 Å². The second-order valence-electron chi connectivity index (χ2n) is 6.18. The van der Waals surface area contributed by atoms with Crippen molar-refractivity contribution in [2.45, 2.75) is 31.7 Å². The van der Waals surface area contributed by atoms with Crippen molar-refractivity contribution in [1.29, 1.82) is 0 Å². The Balaban J connectivity index is 1.59. The summed E-state index contributed by atoms with van der Waals surface area (Å²) in [4.78, 5) is 29.8. The third-order valence-electron chi connectivity index (χ3n) is 4.90. The molecule has 112 valence electrons. The monoisotopic (exact) mass is 281 g/mol. The SMILES string of the molecule is O=C(O)[C@@H]1CCCN(C(=O)N2CCN3CCCC3C2)C1. The molecule has 0 radical (unpaired) electrons. The number of piperazine rings is 1. The molecule has 20 heavy (non-hydrogen) atoms. The molecular formula is C14H23N3O3. The number of rotatable bonds is 1. The predicted octanol–water partition coefficient (Wildman–Crippen LogP) is 0.683. The van der Waals surface area contributed by atoms with Crippen LogP contribution in [0.4, 0.5) is 4.79 Å². The molecule has 6 heteroatoms. The topological polar surface area (TPSA) is 64.1 Å². The molecule has 3 fully saturated rings. The van der Waals surface area contributed by atoms with Crippen LogP contribution in [-0.4, -0.2) is 77.1 Å². The third-order valence-corrected chi connectivity index (χ3v) is 4.90. The zero-order chi connectivity index (χ0) is 14.1. The third kappa shape index (κ3) is 2.61. The van der Waals surface area contributed by atoms with Crippen molar-refractivity contribution in [3.63, 3.8) is 0 Å². The van der Waals surface area contributed by atoms with Gasteiger partial charge in [0.1, 0.15) is 0 Å². The lowest BCUT2D eigenvalue weighted by Crippen LogP contribution is -2.56. The molecule has 0 saturated carbocycles. The average molecular weight is 281 g/mol. The molecule has 2 amide bonds. The molecule has 3 aliphatic rings. The molecule has 3 heterocycles. The van der Waals surface area contributed by atoms with Crippen LogP contribution < -0.4 is 0 Å². The number of nitrogens with zero attached hydrogens (tertiary/aromatic N) is 3. The van der Waals surface area contributed by atoms with Crippen LogP contribution in [0.3, 0.4) is 0 Å². The summed E-state index contributed by atoms with van der Waals surface area (Å²) in [5, 5.41) is 9.11. The molecule has 0 spiro atoms. The van der Waals surface area contributed by atoms with E-state index < -0.39 is 5.97 Å². The van der Waals surface area contributed by atoms with E-state index in [1.54, 1.807) is 4.90 Å². The largest absolute Gasteiger partial charge is 0.481 e. The van der Waals surface area contributed by atoms with Crippen molar-refractivity contribution in [3.05, 3.63) is 0 Å². The molecule has 0 aromatic heterocycles. The number of amides is 2. The fraction of sp³-hybridized carbons (Fsp3) is 0.857. The van der Waals surface area contributed by atoms with Gasteiger partial charge in [0.15, 0.2) is 0 Å². The van der Waals surface area contributed by atoms with Gasteiger partial charge in [-0.1, -0.05) is 0 Å². The second-order valence-corrected chi connectivity index (χ2v) is 6.18. The molecule has 3 saturated heterocycles. The molecule has 6 nitrogen and oxygen atoms in total. The van der Waals surface area contributed by atoms with Gasteiger partial charge in [0.2, 0.25) is 0 Å². The first-order chi connectivity index (χ1) is 9.65. The number of fused-ring (bicyclic) bond motifs is 1. The normalized spacial score (nSPS) is 31.2. The molecule has 0 bridgehead atoms. The molecule has 0 aromatic rings. The van der Waals surface area contributed by atoms with Crippen molar-refractivity contribution < 1.29 is 14.7 Å². The summed E-state index contributed by atoms with van der Waals surface area (Å²) in [6, 6.07) is 0.565. The van der Waals surface area contributed by atoms with Gasteiger partial charge in [0, 0.05) is 38.8 Å². The van der Waals surface area contributed by atoms with E-state index >= 15 is 0 Å². The molecule has 1 N–H and O–H groups in total. The highest BCUT2D eigenvalue weighted by atomic mass is 16.4. The zero-order valence-corrected chi connectivity index (χ0v) is 11.8. The first-order valence-corrected chi connectivity index (χ1v) is 7.66. The summed E-state index contributed by atoms with van der Waals surface area (Å²) in [6.07, 6.45) is 3.90. The van der Waals surface area contributed by atoms with Crippen LogP contribution in [0.1, 0.15) is 25.7 Å². The van der Waals surface area contributed by atoms with Crippen LogP contribution in [0.25, 0.3) is 0 Å². The van der Waals surface area contributed by atoms with Crippen molar-refractivity contribution in [2.24, 2.45) is 5.92 Å². The lowest BCUT2D eigenvalue weighted by atomic mass is 9.98. The zero-order valence-electron chi connectivity index (χ0n) is 11.8. The average Bonchev–Trinajstić information content (AvgIpc) is 2.94. The fourth-order valence-corrected chi connectivity index (χ4v) is 3.72. The Labute approximate surface area is 119 Å². The highest BCUT2D eigenvalue weighted by Crippen LogP contribution is 2.23. The van der Waals surface area contributed by atoms with Crippen LogP contribution >= 0.6 is 0 Å². The molecular weight excluding hydrogens is 258 g/mol. The Kier molecular flexibility index (Phi) is 3.83. The summed E-state index contributed by atoms with van der Waals surface area (Å²) in [7, 11) is 0. The molecule has 0 aliphatic carbocycles. The fourth-order valence-electron chi connectivity index (χ4n) is 3.72. The summed E-state index contributed by atoms with van der Waals surface area (Å²) in [6.45, 7) is 4.80. The van der Waals surface area contributed by atoms with Crippen LogP contribution in [0.15, 0.2) is 0 Å². The Bertz CT molecular complexity index is 401.